The van der Waals surface area contributed by atoms with E-state index >= 15 is 0 Å². The molecule has 2 heterocycles. The normalized spacial score (nSPS) is 14.8. The van der Waals surface area contributed by atoms with Crippen molar-refractivity contribution < 1.29 is 22.3 Å². The Kier molecular flexibility index (Phi) is 6.85. The van der Waals surface area contributed by atoms with E-state index in [1.54, 1.807) is 18.3 Å². The minimum atomic E-state index is -4.05. The van der Waals surface area contributed by atoms with Crippen LogP contribution in [0.5, 0.6) is 0 Å². The molecule has 0 unspecified atom stereocenters. The number of amides is 1. The number of nitrogens with one attached hydrogen (secondary N) is 1. The van der Waals surface area contributed by atoms with Gasteiger partial charge in [-0.25, -0.2) is 17.8 Å². The number of sulfonamides is 1. The first-order valence-corrected chi connectivity index (χ1v) is 12.1. The summed E-state index contributed by atoms with van der Waals surface area (Å²) in [7, 11) is -4.05. The average molecular weight is 474 g/mol. The van der Waals surface area contributed by atoms with Crippen LogP contribution in [0, 0.1) is 5.82 Å². The third-order valence-corrected chi connectivity index (χ3v) is 7.69. The van der Waals surface area contributed by atoms with Gasteiger partial charge in [0.2, 0.25) is 10.0 Å². The van der Waals surface area contributed by atoms with E-state index in [1.165, 1.54) is 22.1 Å². The first-order chi connectivity index (χ1) is 15.4. The second-order valence-electron chi connectivity index (χ2n) is 6.89. The van der Waals surface area contributed by atoms with Crippen LogP contribution in [0.2, 0.25) is 0 Å². The SMILES string of the molecule is O=C(Nc1ccc(F)c(S(=O)(=O)N2CCOCC2)c1)c1cccnc1Sc1ccccc1. The molecule has 0 atom stereocenters. The number of anilines is 1. The Hall–Kier alpha value is -2.79. The number of ether oxygens (including phenoxy) is 1. The zero-order valence-corrected chi connectivity index (χ0v) is 18.5. The molecule has 2 aromatic carbocycles. The minimum Gasteiger partial charge on any atom is -0.379 e. The molecule has 1 N–H and O–H groups in total. The lowest BCUT2D eigenvalue weighted by Gasteiger charge is -2.26. The number of carbonyl (C=O) groups excluding carboxylic acids is 1. The van der Waals surface area contributed by atoms with E-state index < -0.39 is 26.6 Å². The van der Waals surface area contributed by atoms with Crippen molar-refractivity contribution in [2.75, 3.05) is 31.6 Å². The molecule has 32 heavy (non-hydrogen) atoms. The molecule has 0 spiro atoms. The third kappa shape index (κ3) is 4.99. The van der Waals surface area contributed by atoms with E-state index in [0.717, 1.165) is 17.0 Å². The van der Waals surface area contributed by atoms with Crippen molar-refractivity contribution in [3.05, 3.63) is 78.2 Å². The zero-order valence-electron chi connectivity index (χ0n) is 16.9. The van der Waals surface area contributed by atoms with Gasteiger partial charge in [0.05, 0.1) is 18.8 Å². The molecule has 1 aromatic heterocycles. The van der Waals surface area contributed by atoms with E-state index in [2.05, 4.69) is 10.3 Å². The maximum atomic E-state index is 14.4. The van der Waals surface area contributed by atoms with Gasteiger partial charge >= 0.3 is 0 Å². The summed E-state index contributed by atoms with van der Waals surface area (Å²) in [6.45, 7) is 0.794. The van der Waals surface area contributed by atoms with Gasteiger partial charge in [-0.1, -0.05) is 30.0 Å². The summed E-state index contributed by atoms with van der Waals surface area (Å²) in [6.07, 6.45) is 1.59. The fourth-order valence-electron chi connectivity index (χ4n) is 3.15. The van der Waals surface area contributed by atoms with Crippen LogP contribution in [0.4, 0.5) is 10.1 Å². The maximum Gasteiger partial charge on any atom is 0.258 e. The number of rotatable bonds is 6. The first kappa shape index (κ1) is 22.4. The van der Waals surface area contributed by atoms with E-state index in [4.69, 9.17) is 4.74 Å². The second kappa shape index (κ2) is 9.78. The number of aromatic nitrogens is 1. The molecule has 1 aliphatic heterocycles. The number of nitrogens with zero attached hydrogens (tertiary/aromatic N) is 2. The van der Waals surface area contributed by atoms with Gasteiger partial charge in [-0.3, -0.25) is 4.79 Å². The molecule has 1 saturated heterocycles. The Bertz CT molecular complexity index is 1220. The summed E-state index contributed by atoms with van der Waals surface area (Å²) in [5.41, 5.74) is 0.492. The summed E-state index contributed by atoms with van der Waals surface area (Å²) in [4.78, 5) is 17.7. The molecular formula is C22H20FN3O4S2. The minimum absolute atomic E-state index is 0.147. The molecule has 0 aliphatic carbocycles. The Balaban J connectivity index is 1.58. The average Bonchev–Trinajstić information content (AvgIpc) is 2.82. The fourth-order valence-corrected chi connectivity index (χ4v) is 5.55. The van der Waals surface area contributed by atoms with Crippen LogP contribution in [0.3, 0.4) is 0 Å². The highest BCUT2D eigenvalue weighted by atomic mass is 32.2. The van der Waals surface area contributed by atoms with Crippen molar-refractivity contribution in [3.8, 4) is 0 Å². The van der Waals surface area contributed by atoms with E-state index in [1.807, 2.05) is 30.3 Å². The Morgan fingerprint density at radius 3 is 2.56 bits per heavy atom. The molecule has 7 nitrogen and oxygen atoms in total. The van der Waals surface area contributed by atoms with Gasteiger partial charge in [-0.15, -0.1) is 0 Å². The van der Waals surface area contributed by atoms with Gasteiger partial charge in [0.1, 0.15) is 15.7 Å². The lowest BCUT2D eigenvalue weighted by Crippen LogP contribution is -2.40. The molecule has 3 aromatic rings. The number of carbonyl (C=O) groups is 1. The highest BCUT2D eigenvalue weighted by molar-refractivity contribution is 7.99. The molecule has 1 fully saturated rings. The van der Waals surface area contributed by atoms with Gasteiger partial charge < -0.3 is 10.1 Å². The van der Waals surface area contributed by atoms with Crippen LogP contribution < -0.4 is 5.32 Å². The Labute approximate surface area is 189 Å². The van der Waals surface area contributed by atoms with Crippen LogP contribution in [0.1, 0.15) is 10.4 Å². The van der Waals surface area contributed by atoms with Crippen LogP contribution in [0.15, 0.2) is 81.7 Å². The molecular weight excluding hydrogens is 453 g/mol. The zero-order chi connectivity index (χ0) is 22.6. The topological polar surface area (TPSA) is 88.6 Å². The lowest BCUT2D eigenvalue weighted by atomic mass is 10.2. The van der Waals surface area contributed by atoms with Crippen LogP contribution in [0.25, 0.3) is 0 Å². The highest BCUT2D eigenvalue weighted by Crippen LogP contribution is 2.29. The van der Waals surface area contributed by atoms with Crippen LogP contribution >= 0.6 is 11.8 Å². The summed E-state index contributed by atoms with van der Waals surface area (Å²) >= 11 is 1.34. The molecule has 166 valence electrons. The Morgan fingerprint density at radius 2 is 1.81 bits per heavy atom. The maximum absolute atomic E-state index is 14.4. The molecule has 4 rings (SSSR count). The van der Waals surface area contributed by atoms with E-state index in [9.17, 15) is 17.6 Å². The summed E-state index contributed by atoms with van der Waals surface area (Å²) < 4.78 is 46.5. The second-order valence-corrected chi connectivity index (χ2v) is 9.86. The number of halogens is 1. The van der Waals surface area contributed by atoms with E-state index in [-0.39, 0.29) is 32.0 Å². The molecule has 0 radical (unpaired) electrons. The predicted octanol–water partition coefficient (Wildman–Crippen LogP) is 3.65. The van der Waals surface area contributed by atoms with Crippen molar-refractivity contribution >= 4 is 33.4 Å². The van der Waals surface area contributed by atoms with Crippen molar-refractivity contribution in [2.24, 2.45) is 0 Å². The molecule has 0 saturated carbocycles. The summed E-state index contributed by atoms with van der Waals surface area (Å²) in [5, 5.41) is 3.16. The smallest absolute Gasteiger partial charge is 0.258 e. The summed E-state index contributed by atoms with van der Waals surface area (Å²) in [5.74, 6) is -1.35. The standard InChI is InChI=1S/C22H20FN3O4S2/c23-19-9-8-16(15-20(19)32(28,29)26-11-13-30-14-12-26)25-21(27)18-7-4-10-24-22(18)31-17-5-2-1-3-6-17/h1-10,15H,11-14H2,(H,25,27). The summed E-state index contributed by atoms with van der Waals surface area (Å²) in [6, 6.07) is 16.3. The lowest BCUT2D eigenvalue weighted by molar-refractivity contribution is 0.0729. The van der Waals surface area contributed by atoms with Gasteiger partial charge in [0.15, 0.2) is 0 Å². The van der Waals surface area contributed by atoms with Gasteiger partial charge in [0, 0.05) is 29.9 Å². The molecule has 0 bridgehead atoms. The van der Waals surface area contributed by atoms with E-state index in [0.29, 0.717) is 10.6 Å². The van der Waals surface area contributed by atoms with Crippen molar-refractivity contribution in [2.45, 2.75) is 14.8 Å². The number of pyridine rings is 1. The van der Waals surface area contributed by atoms with Crippen molar-refractivity contribution in [1.82, 2.24) is 9.29 Å². The highest BCUT2D eigenvalue weighted by Gasteiger charge is 2.29. The van der Waals surface area contributed by atoms with Gasteiger partial charge in [-0.2, -0.15) is 4.31 Å². The molecule has 10 heteroatoms. The molecule has 1 aliphatic rings. The number of hydrogen-bond donors (Lipinski definition) is 1. The predicted molar refractivity (Wildman–Crippen MR) is 119 cm³/mol. The largest absolute Gasteiger partial charge is 0.379 e. The Morgan fingerprint density at radius 1 is 1.06 bits per heavy atom. The number of benzene rings is 2. The van der Waals surface area contributed by atoms with Crippen molar-refractivity contribution in [3.63, 3.8) is 0 Å². The monoisotopic (exact) mass is 473 g/mol. The van der Waals surface area contributed by atoms with Crippen molar-refractivity contribution in [1.29, 1.82) is 0 Å². The number of hydrogen-bond acceptors (Lipinski definition) is 6. The first-order valence-electron chi connectivity index (χ1n) is 9.82. The quantitative estimate of drug-likeness (QED) is 0.588. The van der Waals surface area contributed by atoms with Crippen LogP contribution in [-0.4, -0.2) is 49.9 Å². The van der Waals surface area contributed by atoms with Gasteiger partial charge in [-0.05, 0) is 42.5 Å². The molecule has 1 amide bonds. The van der Waals surface area contributed by atoms with Gasteiger partial charge in [0.25, 0.3) is 5.91 Å². The fraction of sp³-hybridized carbons (Fsp3) is 0.182. The third-order valence-electron chi connectivity index (χ3n) is 4.75. The number of morpholine rings is 1. The van der Waals surface area contributed by atoms with Crippen LogP contribution in [-0.2, 0) is 14.8 Å².